The van der Waals surface area contributed by atoms with Crippen LogP contribution in [0.4, 0.5) is 5.69 Å². The fraction of sp³-hybridized carbons (Fsp3) is 0.0769. The van der Waals surface area contributed by atoms with Crippen LogP contribution >= 0.6 is 0 Å². The van der Waals surface area contributed by atoms with Gasteiger partial charge in [-0.2, -0.15) is 0 Å². The summed E-state index contributed by atoms with van der Waals surface area (Å²) in [4.78, 5) is 19.4. The van der Waals surface area contributed by atoms with Gasteiger partial charge < -0.3 is 15.1 Å². The summed E-state index contributed by atoms with van der Waals surface area (Å²) in [7, 11) is 0. The molecule has 0 fully saturated rings. The van der Waals surface area contributed by atoms with E-state index in [9.17, 15) is 15.0 Å². The van der Waals surface area contributed by atoms with Crippen LogP contribution in [0, 0.1) is 6.92 Å². The first-order valence-corrected chi connectivity index (χ1v) is 9.93. The monoisotopic (exact) mass is 410 g/mol. The molecule has 1 heterocycles. The van der Waals surface area contributed by atoms with Gasteiger partial charge in [0, 0.05) is 23.5 Å². The SMILES string of the molecule is Cc1cccnc1-c1ccc(N(Cc2ccccc2)C(=O)c2ccc(O)cc2O)cc1. The van der Waals surface area contributed by atoms with E-state index in [1.807, 2.05) is 73.7 Å². The minimum Gasteiger partial charge on any atom is -0.508 e. The van der Waals surface area contributed by atoms with Gasteiger partial charge in [-0.25, -0.2) is 0 Å². The van der Waals surface area contributed by atoms with Crippen molar-refractivity contribution in [2.24, 2.45) is 0 Å². The first kappa shape index (κ1) is 20.2. The Morgan fingerprint density at radius 3 is 2.32 bits per heavy atom. The summed E-state index contributed by atoms with van der Waals surface area (Å²) in [6, 6.07) is 25.2. The lowest BCUT2D eigenvalue weighted by molar-refractivity contribution is 0.0982. The second kappa shape index (κ2) is 8.71. The molecule has 0 saturated carbocycles. The normalized spacial score (nSPS) is 10.6. The van der Waals surface area contributed by atoms with Crippen LogP contribution in [0.25, 0.3) is 11.3 Å². The van der Waals surface area contributed by atoms with Gasteiger partial charge in [-0.15, -0.1) is 0 Å². The van der Waals surface area contributed by atoms with E-state index in [0.29, 0.717) is 12.2 Å². The highest BCUT2D eigenvalue weighted by atomic mass is 16.3. The zero-order chi connectivity index (χ0) is 21.8. The van der Waals surface area contributed by atoms with Crippen molar-refractivity contribution in [2.45, 2.75) is 13.5 Å². The number of hydrogen-bond donors (Lipinski definition) is 2. The van der Waals surface area contributed by atoms with Gasteiger partial charge in [0.1, 0.15) is 11.5 Å². The number of anilines is 1. The number of phenols is 2. The number of aromatic hydroxyl groups is 2. The molecule has 3 aromatic carbocycles. The van der Waals surface area contributed by atoms with Crippen molar-refractivity contribution in [3.63, 3.8) is 0 Å². The Kier molecular flexibility index (Phi) is 5.67. The predicted molar refractivity (Wildman–Crippen MR) is 121 cm³/mol. The van der Waals surface area contributed by atoms with Gasteiger partial charge in [0.15, 0.2) is 0 Å². The maximum atomic E-state index is 13.4. The number of pyridine rings is 1. The smallest absolute Gasteiger partial charge is 0.262 e. The molecule has 0 unspecified atom stereocenters. The zero-order valence-electron chi connectivity index (χ0n) is 17.1. The van der Waals surface area contributed by atoms with Gasteiger partial charge in [-0.05, 0) is 48.4 Å². The van der Waals surface area contributed by atoms with Gasteiger partial charge in [0.25, 0.3) is 5.91 Å². The van der Waals surface area contributed by atoms with Crippen molar-refractivity contribution >= 4 is 11.6 Å². The fourth-order valence-corrected chi connectivity index (χ4v) is 3.48. The van der Waals surface area contributed by atoms with E-state index in [4.69, 9.17) is 0 Å². The van der Waals surface area contributed by atoms with E-state index in [0.717, 1.165) is 22.4 Å². The van der Waals surface area contributed by atoms with E-state index in [1.54, 1.807) is 11.1 Å². The molecule has 0 saturated heterocycles. The maximum absolute atomic E-state index is 13.4. The average molecular weight is 410 g/mol. The van der Waals surface area contributed by atoms with E-state index >= 15 is 0 Å². The van der Waals surface area contributed by atoms with E-state index in [-0.39, 0.29) is 23.0 Å². The zero-order valence-corrected chi connectivity index (χ0v) is 17.1. The molecular formula is C26H22N2O3. The van der Waals surface area contributed by atoms with Crippen molar-refractivity contribution in [1.82, 2.24) is 4.98 Å². The molecule has 0 bridgehead atoms. The molecule has 4 rings (SSSR count). The van der Waals surface area contributed by atoms with Gasteiger partial charge >= 0.3 is 0 Å². The first-order valence-electron chi connectivity index (χ1n) is 9.93. The number of amides is 1. The highest BCUT2D eigenvalue weighted by Crippen LogP contribution is 2.29. The summed E-state index contributed by atoms with van der Waals surface area (Å²) in [5.74, 6) is -0.717. The van der Waals surface area contributed by atoms with Crippen molar-refractivity contribution in [2.75, 3.05) is 4.90 Å². The quantitative estimate of drug-likeness (QED) is 0.467. The number of aromatic nitrogens is 1. The minimum atomic E-state index is -0.358. The highest BCUT2D eigenvalue weighted by molar-refractivity contribution is 6.08. The molecular weight excluding hydrogens is 388 g/mol. The number of hydrogen-bond acceptors (Lipinski definition) is 4. The third-order valence-corrected chi connectivity index (χ3v) is 5.10. The summed E-state index contributed by atoms with van der Waals surface area (Å²) in [6.45, 7) is 2.34. The van der Waals surface area contributed by atoms with Gasteiger partial charge in [0.05, 0.1) is 17.8 Å². The second-order valence-electron chi connectivity index (χ2n) is 7.29. The van der Waals surface area contributed by atoms with Crippen LogP contribution in [0.2, 0.25) is 0 Å². The number of carbonyl (C=O) groups is 1. The van der Waals surface area contributed by atoms with E-state index in [2.05, 4.69) is 4.98 Å². The first-order chi connectivity index (χ1) is 15.0. The summed E-state index contributed by atoms with van der Waals surface area (Å²) in [6.07, 6.45) is 1.76. The van der Waals surface area contributed by atoms with Crippen LogP contribution in [0.1, 0.15) is 21.5 Å². The average Bonchev–Trinajstić information content (AvgIpc) is 2.78. The number of benzene rings is 3. The molecule has 2 N–H and O–H groups in total. The largest absolute Gasteiger partial charge is 0.508 e. The third-order valence-electron chi connectivity index (χ3n) is 5.10. The molecule has 4 aromatic rings. The lowest BCUT2D eigenvalue weighted by Crippen LogP contribution is -2.30. The molecule has 1 aromatic heterocycles. The van der Waals surface area contributed by atoms with Crippen LogP contribution in [0.15, 0.2) is 91.1 Å². The molecule has 0 atom stereocenters. The standard InChI is InChI=1S/C26H22N2O3/c1-18-6-5-15-27-25(18)20-9-11-21(12-10-20)28(17-19-7-3-2-4-8-19)26(31)23-14-13-22(29)16-24(23)30/h2-16,29-30H,17H2,1H3. The number of phenolic OH excluding ortho intramolecular Hbond substituents is 2. The number of nitrogens with zero attached hydrogens (tertiary/aromatic N) is 2. The lowest BCUT2D eigenvalue weighted by Gasteiger charge is -2.24. The lowest BCUT2D eigenvalue weighted by atomic mass is 10.1. The van der Waals surface area contributed by atoms with Gasteiger partial charge in [-0.1, -0.05) is 48.5 Å². The topological polar surface area (TPSA) is 73.7 Å². The van der Waals surface area contributed by atoms with E-state index in [1.165, 1.54) is 18.2 Å². The summed E-state index contributed by atoms with van der Waals surface area (Å²) in [5, 5.41) is 19.8. The third kappa shape index (κ3) is 4.41. The van der Waals surface area contributed by atoms with Crippen molar-refractivity contribution in [3.05, 3.63) is 108 Å². The Bertz CT molecular complexity index is 1210. The highest BCUT2D eigenvalue weighted by Gasteiger charge is 2.21. The molecule has 154 valence electrons. The maximum Gasteiger partial charge on any atom is 0.262 e. The molecule has 1 amide bonds. The Hall–Kier alpha value is -4.12. The number of aryl methyl sites for hydroxylation is 1. The van der Waals surface area contributed by atoms with Crippen LogP contribution in [-0.2, 0) is 6.54 Å². The van der Waals surface area contributed by atoms with Gasteiger partial charge in [-0.3, -0.25) is 9.78 Å². The molecule has 0 aliphatic heterocycles. The molecule has 5 nitrogen and oxygen atoms in total. The fourth-order valence-electron chi connectivity index (χ4n) is 3.48. The van der Waals surface area contributed by atoms with Crippen LogP contribution < -0.4 is 4.90 Å². The Balaban J connectivity index is 1.72. The summed E-state index contributed by atoms with van der Waals surface area (Å²) in [5.41, 5.74) is 4.70. The van der Waals surface area contributed by atoms with Gasteiger partial charge in [0.2, 0.25) is 0 Å². The molecule has 0 spiro atoms. The molecule has 31 heavy (non-hydrogen) atoms. The molecule has 0 radical (unpaired) electrons. The van der Waals surface area contributed by atoms with Crippen LogP contribution in [-0.4, -0.2) is 21.1 Å². The Labute approximate surface area is 180 Å². The predicted octanol–water partition coefficient (Wildman–Crippen LogP) is 5.32. The Morgan fingerprint density at radius 2 is 1.65 bits per heavy atom. The van der Waals surface area contributed by atoms with Crippen molar-refractivity contribution < 1.29 is 15.0 Å². The number of rotatable bonds is 5. The van der Waals surface area contributed by atoms with Crippen LogP contribution in [0.5, 0.6) is 11.5 Å². The summed E-state index contributed by atoms with van der Waals surface area (Å²) < 4.78 is 0. The minimum absolute atomic E-state index is 0.0984. The Morgan fingerprint density at radius 1 is 0.903 bits per heavy atom. The van der Waals surface area contributed by atoms with Crippen molar-refractivity contribution in [1.29, 1.82) is 0 Å². The second-order valence-corrected chi connectivity index (χ2v) is 7.29. The molecule has 0 aliphatic carbocycles. The number of carbonyl (C=O) groups excluding carboxylic acids is 1. The summed E-state index contributed by atoms with van der Waals surface area (Å²) >= 11 is 0. The van der Waals surface area contributed by atoms with Crippen LogP contribution in [0.3, 0.4) is 0 Å². The molecule has 5 heteroatoms. The van der Waals surface area contributed by atoms with Crippen molar-refractivity contribution in [3.8, 4) is 22.8 Å². The molecule has 0 aliphatic rings. The van der Waals surface area contributed by atoms with E-state index < -0.39 is 0 Å².